The monoisotopic (exact) mass is 143 g/mol. The van der Waals surface area contributed by atoms with Crippen molar-refractivity contribution in [2.45, 2.75) is 13.3 Å². The minimum atomic E-state index is 0.153. The van der Waals surface area contributed by atoms with Crippen molar-refractivity contribution in [3.63, 3.8) is 0 Å². The van der Waals surface area contributed by atoms with Crippen molar-refractivity contribution in [2.75, 3.05) is 26.7 Å². The summed E-state index contributed by atoms with van der Waals surface area (Å²) >= 11 is 0. The molecule has 0 aromatic rings. The summed E-state index contributed by atoms with van der Waals surface area (Å²) in [5, 5.41) is 8.40. The van der Waals surface area contributed by atoms with Crippen LogP contribution in [-0.2, 0) is 0 Å². The smallest absolute Gasteiger partial charge is 0.0612 e. The van der Waals surface area contributed by atoms with E-state index in [0.717, 1.165) is 13.1 Å². The normalized spacial score (nSPS) is 11.6. The molecule has 0 aliphatic heterocycles. The molecule has 0 aliphatic rings. The standard InChI is InChI=1S/C8H17NO/c1-3-6-9(2)7-4-5-8-10/h4-5,10H,3,6-8H2,1-2H3/b5-4+. The van der Waals surface area contributed by atoms with Gasteiger partial charge < -0.3 is 10.0 Å². The Bertz CT molecular complexity index is 91.3. The zero-order chi connectivity index (χ0) is 7.82. The molecule has 2 nitrogen and oxygen atoms in total. The largest absolute Gasteiger partial charge is 0.392 e. The quantitative estimate of drug-likeness (QED) is 0.577. The number of rotatable bonds is 5. The first-order chi connectivity index (χ1) is 4.81. The first-order valence-corrected chi connectivity index (χ1v) is 3.75. The molecule has 0 aliphatic carbocycles. The zero-order valence-corrected chi connectivity index (χ0v) is 6.88. The Hall–Kier alpha value is -0.340. The molecule has 10 heavy (non-hydrogen) atoms. The molecule has 0 radical (unpaired) electrons. The molecule has 0 spiro atoms. The Morgan fingerprint density at radius 1 is 1.40 bits per heavy atom. The van der Waals surface area contributed by atoms with Crippen LogP contribution < -0.4 is 0 Å². The maximum atomic E-state index is 8.40. The van der Waals surface area contributed by atoms with Crippen LogP contribution in [0, 0.1) is 0 Å². The first-order valence-electron chi connectivity index (χ1n) is 3.75. The Morgan fingerprint density at radius 2 is 2.10 bits per heavy atom. The lowest BCUT2D eigenvalue weighted by Gasteiger charge is -2.11. The minimum absolute atomic E-state index is 0.153. The van der Waals surface area contributed by atoms with E-state index in [9.17, 15) is 0 Å². The van der Waals surface area contributed by atoms with E-state index in [0.29, 0.717) is 0 Å². The van der Waals surface area contributed by atoms with Gasteiger partial charge in [0, 0.05) is 6.54 Å². The van der Waals surface area contributed by atoms with E-state index in [1.807, 2.05) is 6.08 Å². The van der Waals surface area contributed by atoms with Gasteiger partial charge in [0.05, 0.1) is 6.61 Å². The summed E-state index contributed by atoms with van der Waals surface area (Å²) in [5.41, 5.74) is 0. The summed E-state index contributed by atoms with van der Waals surface area (Å²) < 4.78 is 0. The van der Waals surface area contributed by atoms with Gasteiger partial charge in [0.15, 0.2) is 0 Å². The van der Waals surface area contributed by atoms with E-state index in [-0.39, 0.29) is 6.61 Å². The number of nitrogens with zero attached hydrogens (tertiary/aromatic N) is 1. The second-order valence-corrected chi connectivity index (χ2v) is 2.42. The Morgan fingerprint density at radius 3 is 2.60 bits per heavy atom. The van der Waals surface area contributed by atoms with E-state index in [2.05, 4.69) is 18.9 Å². The summed E-state index contributed by atoms with van der Waals surface area (Å²) in [7, 11) is 2.07. The van der Waals surface area contributed by atoms with Crippen molar-refractivity contribution in [3.8, 4) is 0 Å². The third-order valence-electron chi connectivity index (χ3n) is 1.29. The fraction of sp³-hybridized carbons (Fsp3) is 0.750. The third-order valence-corrected chi connectivity index (χ3v) is 1.29. The van der Waals surface area contributed by atoms with Gasteiger partial charge in [-0.05, 0) is 20.0 Å². The zero-order valence-electron chi connectivity index (χ0n) is 6.88. The van der Waals surface area contributed by atoms with Crippen molar-refractivity contribution in [1.82, 2.24) is 4.90 Å². The molecule has 0 atom stereocenters. The number of hydrogen-bond acceptors (Lipinski definition) is 2. The minimum Gasteiger partial charge on any atom is -0.392 e. The van der Waals surface area contributed by atoms with Gasteiger partial charge in [0.1, 0.15) is 0 Å². The maximum Gasteiger partial charge on any atom is 0.0612 e. The molecule has 0 amide bonds. The van der Waals surface area contributed by atoms with Crippen LogP contribution in [0.3, 0.4) is 0 Å². The van der Waals surface area contributed by atoms with Gasteiger partial charge in [-0.15, -0.1) is 0 Å². The van der Waals surface area contributed by atoms with Gasteiger partial charge in [0.25, 0.3) is 0 Å². The molecule has 0 heterocycles. The van der Waals surface area contributed by atoms with E-state index in [1.165, 1.54) is 6.42 Å². The van der Waals surface area contributed by atoms with E-state index < -0.39 is 0 Å². The van der Waals surface area contributed by atoms with Gasteiger partial charge >= 0.3 is 0 Å². The fourth-order valence-electron chi connectivity index (χ4n) is 0.802. The Kier molecular flexibility index (Phi) is 6.55. The van der Waals surface area contributed by atoms with Crippen molar-refractivity contribution < 1.29 is 5.11 Å². The molecule has 0 aromatic heterocycles. The van der Waals surface area contributed by atoms with Crippen LogP contribution >= 0.6 is 0 Å². The predicted molar refractivity (Wildman–Crippen MR) is 44.0 cm³/mol. The highest BCUT2D eigenvalue weighted by Crippen LogP contribution is 1.85. The highest BCUT2D eigenvalue weighted by Gasteiger charge is 1.89. The Labute approximate surface area is 63.2 Å². The SMILES string of the molecule is CCCN(C)C/C=C/CO. The number of likely N-dealkylation sites (N-methyl/N-ethyl adjacent to an activating group) is 1. The molecular formula is C8H17NO. The first kappa shape index (κ1) is 9.66. The second-order valence-electron chi connectivity index (χ2n) is 2.42. The molecular weight excluding hydrogens is 126 g/mol. The molecule has 0 aromatic carbocycles. The topological polar surface area (TPSA) is 23.5 Å². The third kappa shape index (κ3) is 5.79. The molecule has 1 N–H and O–H groups in total. The lowest BCUT2D eigenvalue weighted by molar-refractivity contribution is 0.339. The van der Waals surface area contributed by atoms with Gasteiger partial charge in [-0.2, -0.15) is 0 Å². The van der Waals surface area contributed by atoms with Crippen molar-refractivity contribution >= 4 is 0 Å². The van der Waals surface area contributed by atoms with Crippen LogP contribution in [0.2, 0.25) is 0 Å². The average molecular weight is 143 g/mol. The molecule has 0 saturated heterocycles. The number of aliphatic hydroxyl groups excluding tert-OH is 1. The molecule has 0 fully saturated rings. The van der Waals surface area contributed by atoms with Crippen molar-refractivity contribution in [2.24, 2.45) is 0 Å². The van der Waals surface area contributed by atoms with Crippen molar-refractivity contribution in [1.29, 1.82) is 0 Å². The second kappa shape index (κ2) is 6.78. The Balaban J connectivity index is 3.20. The van der Waals surface area contributed by atoms with Crippen LogP contribution in [0.25, 0.3) is 0 Å². The summed E-state index contributed by atoms with van der Waals surface area (Å²) in [5.74, 6) is 0. The van der Waals surface area contributed by atoms with Crippen LogP contribution in [0.4, 0.5) is 0 Å². The van der Waals surface area contributed by atoms with Crippen LogP contribution in [0.15, 0.2) is 12.2 Å². The molecule has 2 heteroatoms. The fourth-order valence-corrected chi connectivity index (χ4v) is 0.802. The maximum absolute atomic E-state index is 8.40. The lowest BCUT2D eigenvalue weighted by Crippen LogP contribution is -2.18. The molecule has 0 saturated carbocycles. The van der Waals surface area contributed by atoms with Crippen LogP contribution in [0.1, 0.15) is 13.3 Å². The summed E-state index contributed by atoms with van der Waals surface area (Å²) in [6.07, 6.45) is 4.94. The molecule has 0 bridgehead atoms. The number of hydrogen-bond donors (Lipinski definition) is 1. The lowest BCUT2D eigenvalue weighted by atomic mass is 10.4. The summed E-state index contributed by atoms with van der Waals surface area (Å²) in [6, 6.07) is 0. The molecule has 60 valence electrons. The van der Waals surface area contributed by atoms with Crippen LogP contribution in [-0.4, -0.2) is 36.8 Å². The average Bonchev–Trinajstić information content (AvgIpc) is 1.89. The van der Waals surface area contributed by atoms with Gasteiger partial charge in [-0.1, -0.05) is 19.1 Å². The summed E-state index contributed by atoms with van der Waals surface area (Å²) in [6.45, 7) is 4.37. The predicted octanol–water partition coefficient (Wildman–Crippen LogP) is 0.877. The van der Waals surface area contributed by atoms with E-state index in [1.54, 1.807) is 6.08 Å². The molecule has 0 rings (SSSR count). The summed E-state index contributed by atoms with van der Waals surface area (Å²) in [4.78, 5) is 2.21. The highest BCUT2D eigenvalue weighted by atomic mass is 16.2. The van der Waals surface area contributed by atoms with Gasteiger partial charge in [-0.3, -0.25) is 0 Å². The number of aliphatic hydroxyl groups is 1. The molecule has 0 unspecified atom stereocenters. The van der Waals surface area contributed by atoms with E-state index in [4.69, 9.17) is 5.11 Å². The van der Waals surface area contributed by atoms with Gasteiger partial charge in [0.2, 0.25) is 0 Å². The highest BCUT2D eigenvalue weighted by molar-refractivity contribution is 4.83. The van der Waals surface area contributed by atoms with Crippen LogP contribution in [0.5, 0.6) is 0 Å². The van der Waals surface area contributed by atoms with Gasteiger partial charge in [-0.25, -0.2) is 0 Å². The van der Waals surface area contributed by atoms with Crippen molar-refractivity contribution in [3.05, 3.63) is 12.2 Å². The van der Waals surface area contributed by atoms with E-state index >= 15 is 0 Å².